The van der Waals surface area contributed by atoms with Crippen molar-refractivity contribution in [3.63, 3.8) is 0 Å². The van der Waals surface area contributed by atoms with Crippen LogP contribution in [0.3, 0.4) is 0 Å². The molecule has 3 N–H and O–H groups in total. The number of hydrogen-bond acceptors (Lipinski definition) is 7. The number of benzene rings is 3. The first kappa shape index (κ1) is 33.9. The van der Waals surface area contributed by atoms with Gasteiger partial charge in [-0.15, -0.1) is 0 Å². The van der Waals surface area contributed by atoms with Crippen LogP contribution in [0.25, 0.3) is 22.2 Å². The zero-order valence-corrected chi connectivity index (χ0v) is 27.9. The van der Waals surface area contributed by atoms with Crippen molar-refractivity contribution in [3.05, 3.63) is 124 Å². The number of aryl methyl sites for hydroxylation is 2. The zero-order valence-electron chi connectivity index (χ0n) is 27.1. The van der Waals surface area contributed by atoms with Crippen molar-refractivity contribution in [2.75, 3.05) is 7.05 Å². The summed E-state index contributed by atoms with van der Waals surface area (Å²) in [6.45, 7) is 5.29. The summed E-state index contributed by atoms with van der Waals surface area (Å²) < 4.78 is 32.4. The minimum atomic E-state index is -4.11. The maximum Gasteiger partial charge on any atom is 0.256 e. The molecule has 0 aliphatic carbocycles. The van der Waals surface area contributed by atoms with E-state index in [2.05, 4.69) is 15.5 Å². The standard InChI is InChI=1S/C36H37N5O6S/c1-5-16-48(45,46)40-34(42)31(21-28-22-37-30-9-7-6-8-29(28)30)39-35(43)32(41(4)36(44)27-18-23(2)17-24(3)19-27)20-25-10-12-26(13-11-25)33-14-15-38-47-33/h5-19,22,31-32,37H,20-21H2,1-4H3,(H,39,43)(H,40,42)/b16-5+/t31-,32+/m0/s1. The Morgan fingerprint density at radius 3 is 2.33 bits per heavy atom. The van der Waals surface area contributed by atoms with Gasteiger partial charge in [0.05, 0.1) is 6.20 Å². The van der Waals surface area contributed by atoms with Crippen molar-refractivity contribution in [2.24, 2.45) is 0 Å². The summed E-state index contributed by atoms with van der Waals surface area (Å²) in [4.78, 5) is 46.1. The molecule has 5 rings (SSSR count). The molecule has 11 nitrogen and oxygen atoms in total. The number of rotatable bonds is 12. The Balaban J connectivity index is 1.48. The van der Waals surface area contributed by atoms with Gasteiger partial charge in [-0.05, 0) is 50.1 Å². The Hall–Kier alpha value is -5.49. The number of H-pyrrole nitrogens is 1. The number of carbonyl (C=O) groups excluding carboxylic acids is 3. The summed E-state index contributed by atoms with van der Waals surface area (Å²) in [5.41, 5.74) is 5.27. The predicted molar refractivity (Wildman–Crippen MR) is 183 cm³/mol. The molecule has 48 heavy (non-hydrogen) atoms. The molecule has 3 amide bonds. The highest BCUT2D eigenvalue weighted by molar-refractivity contribution is 7.92. The summed E-state index contributed by atoms with van der Waals surface area (Å²) in [5, 5.41) is 8.22. The van der Waals surface area contributed by atoms with Gasteiger partial charge in [0, 0.05) is 59.6 Å². The number of hydrogen-bond donors (Lipinski definition) is 3. The minimum absolute atomic E-state index is 0.0136. The van der Waals surface area contributed by atoms with Gasteiger partial charge in [-0.25, -0.2) is 13.1 Å². The summed E-state index contributed by atoms with van der Waals surface area (Å²) in [6, 6.07) is 19.6. The molecule has 2 atom stereocenters. The van der Waals surface area contributed by atoms with Crippen molar-refractivity contribution < 1.29 is 27.3 Å². The van der Waals surface area contributed by atoms with Crippen molar-refractivity contribution in [2.45, 2.75) is 45.7 Å². The molecular formula is C36H37N5O6S. The lowest BCUT2D eigenvalue weighted by Gasteiger charge is -2.29. The first-order valence-corrected chi connectivity index (χ1v) is 16.9. The third kappa shape index (κ3) is 8.07. The van der Waals surface area contributed by atoms with Gasteiger partial charge in [0.15, 0.2) is 5.76 Å². The van der Waals surface area contributed by atoms with Crippen LogP contribution < -0.4 is 10.0 Å². The van der Waals surface area contributed by atoms with E-state index < -0.39 is 33.9 Å². The first-order valence-electron chi connectivity index (χ1n) is 15.3. The van der Waals surface area contributed by atoms with E-state index in [0.29, 0.717) is 16.9 Å². The van der Waals surface area contributed by atoms with Crippen LogP contribution in [-0.2, 0) is 32.5 Å². The van der Waals surface area contributed by atoms with Crippen molar-refractivity contribution >= 4 is 38.6 Å². The second kappa shape index (κ2) is 14.5. The molecule has 0 radical (unpaired) electrons. The normalized spacial score (nSPS) is 12.9. The van der Waals surface area contributed by atoms with Crippen LogP contribution in [0.4, 0.5) is 0 Å². The van der Waals surface area contributed by atoms with Gasteiger partial charge in [0.2, 0.25) is 5.91 Å². The number of nitrogens with zero attached hydrogens (tertiary/aromatic N) is 2. The van der Waals surface area contributed by atoms with E-state index in [9.17, 15) is 22.8 Å². The number of likely N-dealkylation sites (N-methyl/N-ethyl adjacent to an activating group) is 1. The average molecular weight is 668 g/mol. The third-order valence-electron chi connectivity index (χ3n) is 7.95. The molecule has 0 spiro atoms. The molecule has 0 aliphatic heterocycles. The first-order chi connectivity index (χ1) is 22.9. The number of allylic oxidation sites excluding steroid dienone is 1. The Morgan fingerprint density at radius 2 is 1.67 bits per heavy atom. The molecule has 0 fully saturated rings. The molecule has 0 saturated carbocycles. The van der Waals surface area contributed by atoms with E-state index in [1.165, 1.54) is 17.9 Å². The molecule has 0 saturated heterocycles. The van der Waals surface area contributed by atoms with Crippen LogP contribution in [0, 0.1) is 13.8 Å². The lowest BCUT2D eigenvalue weighted by molar-refractivity contribution is -0.130. The number of aromatic amines is 1. The summed E-state index contributed by atoms with van der Waals surface area (Å²) in [6.07, 6.45) is 4.65. The van der Waals surface area contributed by atoms with Gasteiger partial charge in [-0.1, -0.05) is 70.9 Å². The van der Waals surface area contributed by atoms with Crippen LogP contribution in [-0.4, -0.2) is 60.3 Å². The van der Waals surface area contributed by atoms with Gasteiger partial charge < -0.3 is 19.7 Å². The number of fused-ring (bicyclic) bond motifs is 1. The van der Waals surface area contributed by atoms with Crippen molar-refractivity contribution in [1.29, 1.82) is 0 Å². The minimum Gasteiger partial charge on any atom is -0.361 e. The highest BCUT2D eigenvalue weighted by Gasteiger charge is 2.33. The highest BCUT2D eigenvalue weighted by atomic mass is 32.2. The third-order valence-corrected chi connectivity index (χ3v) is 9.07. The zero-order chi connectivity index (χ0) is 34.4. The van der Waals surface area contributed by atoms with E-state index in [4.69, 9.17) is 4.52 Å². The number of nitrogens with one attached hydrogen (secondary N) is 3. The Labute approximate surface area is 279 Å². The van der Waals surface area contributed by atoms with E-state index in [-0.39, 0.29) is 18.7 Å². The fraction of sp³-hybridized carbons (Fsp3) is 0.222. The molecule has 248 valence electrons. The van der Waals surface area contributed by atoms with Gasteiger partial charge in [-0.3, -0.25) is 14.4 Å². The molecule has 2 aromatic heterocycles. The average Bonchev–Trinajstić information content (AvgIpc) is 3.73. The Bertz CT molecular complexity index is 2050. The van der Waals surface area contributed by atoms with E-state index in [0.717, 1.165) is 38.6 Å². The van der Waals surface area contributed by atoms with Crippen LogP contribution in [0.15, 0.2) is 101 Å². The van der Waals surface area contributed by atoms with Gasteiger partial charge >= 0.3 is 0 Å². The van der Waals surface area contributed by atoms with E-state index >= 15 is 0 Å². The van der Waals surface area contributed by atoms with Gasteiger partial charge in [0.1, 0.15) is 12.1 Å². The number of aromatic nitrogens is 2. The fourth-order valence-corrected chi connectivity index (χ4v) is 6.51. The lowest BCUT2D eigenvalue weighted by atomic mass is 9.99. The molecule has 5 aromatic rings. The topological polar surface area (TPSA) is 154 Å². The molecular weight excluding hydrogens is 630 g/mol. The van der Waals surface area contributed by atoms with Crippen molar-refractivity contribution in [3.8, 4) is 11.3 Å². The second-order valence-corrected chi connectivity index (χ2v) is 13.3. The Morgan fingerprint density at radius 1 is 0.958 bits per heavy atom. The molecule has 12 heteroatoms. The second-order valence-electron chi connectivity index (χ2n) is 11.7. The SMILES string of the molecule is C/C=C/S(=O)(=O)NC(=O)[C@H](Cc1c[nH]c2ccccc12)NC(=O)[C@@H](Cc1ccc(-c2ccno2)cc1)N(C)C(=O)c1cc(C)cc(C)c1. The molecule has 2 heterocycles. The van der Waals surface area contributed by atoms with Crippen LogP contribution in [0.1, 0.15) is 39.5 Å². The predicted octanol–water partition coefficient (Wildman–Crippen LogP) is 4.83. The number of para-hydroxylation sites is 1. The fourth-order valence-electron chi connectivity index (χ4n) is 5.66. The molecule has 0 bridgehead atoms. The van der Waals surface area contributed by atoms with Crippen LogP contribution in [0.2, 0.25) is 0 Å². The molecule has 3 aromatic carbocycles. The lowest BCUT2D eigenvalue weighted by Crippen LogP contribution is -2.55. The largest absolute Gasteiger partial charge is 0.361 e. The quantitative estimate of drug-likeness (QED) is 0.172. The highest BCUT2D eigenvalue weighted by Crippen LogP contribution is 2.22. The van der Waals surface area contributed by atoms with E-state index in [1.54, 1.807) is 37.6 Å². The molecule has 0 unspecified atom stereocenters. The van der Waals surface area contributed by atoms with Crippen molar-refractivity contribution in [1.82, 2.24) is 25.1 Å². The van der Waals surface area contributed by atoms with Gasteiger partial charge in [0.25, 0.3) is 21.8 Å². The summed E-state index contributed by atoms with van der Waals surface area (Å²) >= 11 is 0. The smallest absolute Gasteiger partial charge is 0.256 e. The monoisotopic (exact) mass is 667 g/mol. The number of carbonyl (C=O) groups is 3. The summed E-state index contributed by atoms with van der Waals surface area (Å²) in [7, 11) is -2.57. The van der Waals surface area contributed by atoms with E-state index in [1.807, 2.05) is 73.2 Å². The number of amides is 3. The van der Waals surface area contributed by atoms with Crippen LogP contribution in [0.5, 0.6) is 0 Å². The maximum absolute atomic E-state index is 14.2. The number of sulfonamides is 1. The summed E-state index contributed by atoms with van der Waals surface area (Å²) in [5.74, 6) is -1.34. The molecule has 0 aliphatic rings. The van der Waals surface area contributed by atoms with Gasteiger partial charge in [-0.2, -0.15) is 0 Å². The Kier molecular flexibility index (Phi) is 10.2. The van der Waals surface area contributed by atoms with Crippen LogP contribution >= 0.6 is 0 Å². The maximum atomic E-state index is 14.2.